The van der Waals surface area contributed by atoms with Crippen molar-refractivity contribution in [2.45, 2.75) is 19.4 Å². The quantitative estimate of drug-likeness (QED) is 0.808. The van der Waals surface area contributed by atoms with Crippen molar-refractivity contribution in [1.29, 1.82) is 0 Å². The average molecular weight is 356 g/mol. The monoisotopic (exact) mass is 355 g/mol. The molecular formula is C16H16BrF2NO. The molecule has 0 aliphatic carbocycles. The highest BCUT2D eigenvalue weighted by atomic mass is 79.9. The van der Waals surface area contributed by atoms with Crippen LogP contribution in [-0.2, 0) is 6.42 Å². The van der Waals surface area contributed by atoms with Gasteiger partial charge in [0.05, 0.1) is 11.1 Å². The molecule has 0 heterocycles. The van der Waals surface area contributed by atoms with Gasteiger partial charge >= 0.3 is 0 Å². The third kappa shape index (κ3) is 3.80. The van der Waals surface area contributed by atoms with E-state index in [1.54, 1.807) is 12.1 Å². The molecule has 0 radical (unpaired) electrons. The Morgan fingerprint density at radius 3 is 2.43 bits per heavy atom. The van der Waals surface area contributed by atoms with Gasteiger partial charge in [0.2, 0.25) is 0 Å². The fraction of sp³-hybridized carbons (Fsp3) is 0.250. The highest BCUT2D eigenvalue weighted by molar-refractivity contribution is 9.10. The van der Waals surface area contributed by atoms with Gasteiger partial charge in [-0.05, 0) is 59.1 Å². The zero-order valence-corrected chi connectivity index (χ0v) is 13.2. The van der Waals surface area contributed by atoms with E-state index in [0.29, 0.717) is 6.61 Å². The van der Waals surface area contributed by atoms with Crippen LogP contribution in [0.5, 0.6) is 5.75 Å². The molecule has 21 heavy (non-hydrogen) atoms. The largest absolute Gasteiger partial charge is 0.494 e. The van der Waals surface area contributed by atoms with Crippen molar-refractivity contribution in [1.82, 2.24) is 0 Å². The zero-order valence-electron chi connectivity index (χ0n) is 11.6. The highest BCUT2D eigenvalue weighted by Gasteiger charge is 2.16. The molecule has 0 aliphatic rings. The molecule has 0 spiro atoms. The summed E-state index contributed by atoms with van der Waals surface area (Å²) in [6.45, 7) is 2.48. The van der Waals surface area contributed by atoms with Crippen LogP contribution in [0.15, 0.2) is 40.9 Å². The van der Waals surface area contributed by atoms with E-state index in [4.69, 9.17) is 10.5 Å². The third-order valence-corrected chi connectivity index (χ3v) is 3.79. The number of nitrogens with two attached hydrogens (primary N) is 1. The smallest absolute Gasteiger partial charge is 0.143 e. The molecule has 2 rings (SSSR count). The van der Waals surface area contributed by atoms with Crippen LogP contribution < -0.4 is 10.5 Å². The minimum absolute atomic E-state index is 0.00856. The van der Waals surface area contributed by atoms with E-state index in [1.165, 1.54) is 12.1 Å². The number of halogens is 3. The second kappa shape index (κ2) is 7.00. The Kier molecular flexibility index (Phi) is 5.31. The first kappa shape index (κ1) is 15.9. The summed E-state index contributed by atoms with van der Waals surface area (Å²) in [5.74, 6) is -0.443. The summed E-state index contributed by atoms with van der Waals surface area (Å²) >= 11 is 3.05. The molecule has 0 amide bonds. The third-order valence-electron chi connectivity index (χ3n) is 3.18. The molecule has 0 saturated carbocycles. The maximum atomic E-state index is 13.9. The molecule has 0 bridgehead atoms. The molecule has 0 fully saturated rings. The molecule has 0 saturated heterocycles. The van der Waals surface area contributed by atoms with Crippen LogP contribution in [0.1, 0.15) is 24.1 Å². The number of ether oxygens (including phenoxy) is 1. The van der Waals surface area contributed by atoms with Crippen LogP contribution in [0.2, 0.25) is 0 Å². The van der Waals surface area contributed by atoms with Gasteiger partial charge in [0, 0.05) is 11.6 Å². The Balaban J connectivity index is 2.18. The van der Waals surface area contributed by atoms with Crippen LogP contribution in [0.3, 0.4) is 0 Å². The Morgan fingerprint density at radius 2 is 1.81 bits per heavy atom. The first-order valence-corrected chi connectivity index (χ1v) is 7.43. The first-order chi connectivity index (χ1) is 10.0. The van der Waals surface area contributed by atoms with Crippen molar-refractivity contribution >= 4 is 15.9 Å². The van der Waals surface area contributed by atoms with Gasteiger partial charge < -0.3 is 10.5 Å². The van der Waals surface area contributed by atoms with E-state index < -0.39 is 17.7 Å². The van der Waals surface area contributed by atoms with Gasteiger partial charge in [-0.3, -0.25) is 0 Å². The van der Waals surface area contributed by atoms with E-state index >= 15 is 0 Å². The van der Waals surface area contributed by atoms with Gasteiger partial charge in [0.25, 0.3) is 0 Å². The summed E-state index contributed by atoms with van der Waals surface area (Å²) in [5.41, 5.74) is 6.84. The van der Waals surface area contributed by atoms with Gasteiger partial charge in [-0.1, -0.05) is 12.1 Å². The second-order valence-corrected chi connectivity index (χ2v) is 5.49. The SMILES string of the molecule is CCOc1ccc(C(N)Cc2c(F)ccc(Br)c2F)cc1. The fourth-order valence-electron chi connectivity index (χ4n) is 2.07. The average Bonchev–Trinajstić information content (AvgIpc) is 2.48. The van der Waals surface area contributed by atoms with Crippen molar-refractivity contribution in [2.24, 2.45) is 5.73 Å². The van der Waals surface area contributed by atoms with E-state index in [-0.39, 0.29) is 16.5 Å². The summed E-state index contributed by atoms with van der Waals surface area (Å²) in [5, 5.41) is 0. The number of hydrogen-bond donors (Lipinski definition) is 1. The maximum Gasteiger partial charge on any atom is 0.143 e. The van der Waals surface area contributed by atoms with Gasteiger partial charge in [0.15, 0.2) is 0 Å². The Morgan fingerprint density at radius 1 is 1.14 bits per heavy atom. The Labute approximate surface area is 131 Å². The van der Waals surface area contributed by atoms with E-state index in [2.05, 4.69) is 15.9 Å². The summed E-state index contributed by atoms with van der Waals surface area (Å²) < 4.78 is 33.3. The summed E-state index contributed by atoms with van der Waals surface area (Å²) in [6.07, 6.45) is 0.0884. The lowest BCUT2D eigenvalue weighted by molar-refractivity contribution is 0.340. The molecule has 1 atom stereocenters. The minimum atomic E-state index is -0.601. The molecule has 2 N–H and O–H groups in total. The van der Waals surface area contributed by atoms with Crippen LogP contribution >= 0.6 is 15.9 Å². The molecule has 112 valence electrons. The van der Waals surface area contributed by atoms with Crippen molar-refractivity contribution in [2.75, 3.05) is 6.61 Å². The summed E-state index contributed by atoms with van der Waals surface area (Å²) in [6, 6.07) is 9.30. The van der Waals surface area contributed by atoms with Gasteiger partial charge in [-0.25, -0.2) is 8.78 Å². The second-order valence-electron chi connectivity index (χ2n) is 4.63. The minimum Gasteiger partial charge on any atom is -0.494 e. The van der Waals surface area contributed by atoms with Gasteiger partial charge in [0.1, 0.15) is 17.4 Å². The number of benzene rings is 2. The lowest BCUT2D eigenvalue weighted by Crippen LogP contribution is -2.15. The predicted octanol–water partition coefficient (Wildman–Crippen LogP) is 4.37. The number of hydrogen-bond acceptors (Lipinski definition) is 2. The standard InChI is InChI=1S/C16H16BrF2NO/c1-2-21-11-5-3-10(4-6-11)15(20)9-12-14(18)8-7-13(17)16(12)19/h3-8,15H,2,9,20H2,1H3. The van der Waals surface area contributed by atoms with Crippen molar-refractivity contribution in [3.63, 3.8) is 0 Å². The van der Waals surface area contributed by atoms with Crippen molar-refractivity contribution < 1.29 is 13.5 Å². The fourth-order valence-corrected chi connectivity index (χ4v) is 2.44. The Bertz CT molecular complexity index is 616. The predicted molar refractivity (Wildman–Crippen MR) is 82.3 cm³/mol. The maximum absolute atomic E-state index is 13.9. The summed E-state index contributed by atoms with van der Waals surface area (Å²) in [4.78, 5) is 0. The van der Waals surface area contributed by atoms with Gasteiger partial charge in [-0.15, -0.1) is 0 Å². The summed E-state index contributed by atoms with van der Waals surface area (Å²) in [7, 11) is 0. The first-order valence-electron chi connectivity index (χ1n) is 6.63. The lowest BCUT2D eigenvalue weighted by Gasteiger charge is -2.14. The van der Waals surface area contributed by atoms with E-state index in [9.17, 15) is 8.78 Å². The molecule has 0 aromatic heterocycles. The Hall–Kier alpha value is -1.46. The van der Waals surface area contributed by atoms with E-state index in [0.717, 1.165) is 11.3 Å². The highest BCUT2D eigenvalue weighted by Crippen LogP contribution is 2.26. The zero-order chi connectivity index (χ0) is 15.4. The van der Waals surface area contributed by atoms with Crippen molar-refractivity contribution in [3.8, 4) is 5.75 Å². The van der Waals surface area contributed by atoms with Crippen LogP contribution in [-0.4, -0.2) is 6.61 Å². The number of rotatable bonds is 5. The van der Waals surface area contributed by atoms with E-state index in [1.807, 2.05) is 19.1 Å². The molecule has 2 aromatic carbocycles. The molecule has 2 aromatic rings. The molecule has 2 nitrogen and oxygen atoms in total. The van der Waals surface area contributed by atoms with Crippen LogP contribution in [0.4, 0.5) is 8.78 Å². The molecule has 0 aliphatic heterocycles. The molecule has 5 heteroatoms. The normalized spacial score (nSPS) is 12.2. The van der Waals surface area contributed by atoms with Gasteiger partial charge in [-0.2, -0.15) is 0 Å². The molecular weight excluding hydrogens is 340 g/mol. The topological polar surface area (TPSA) is 35.2 Å². The van der Waals surface area contributed by atoms with Crippen molar-refractivity contribution in [3.05, 3.63) is 63.6 Å². The van der Waals surface area contributed by atoms with Crippen LogP contribution in [0, 0.1) is 11.6 Å². The lowest BCUT2D eigenvalue weighted by atomic mass is 9.99. The molecule has 1 unspecified atom stereocenters. The van der Waals surface area contributed by atoms with Crippen LogP contribution in [0.25, 0.3) is 0 Å².